The fourth-order valence-electron chi connectivity index (χ4n) is 2.35. The lowest BCUT2D eigenvalue weighted by Gasteiger charge is -2.13. The number of rotatable bonds is 5. The molecule has 0 radical (unpaired) electrons. The van der Waals surface area contributed by atoms with Crippen molar-refractivity contribution < 1.29 is 5.11 Å². The van der Waals surface area contributed by atoms with Crippen molar-refractivity contribution in [1.29, 1.82) is 0 Å². The van der Waals surface area contributed by atoms with Crippen LogP contribution in [0.3, 0.4) is 0 Å². The smallest absolute Gasteiger partial charge is 0.0688 e. The second kappa shape index (κ2) is 3.58. The van der Waals surface area contributed by atoms with Gasteiger partial charge in [0.1, 0.15) is 0 Å². The molecule has 0 spiro atoms. The Labute approximate surface area is 80.5 Å². The van der Waals surface area contributed by atoms with Crippen LogP contribution in [0.15, 0.2) is 0 Å². The molecule has 0 aromatic carbocycles. The van der Waals surface area contributed by atoms with Crippen LogP contribution >= 0.6 is 0 Å². The summed E-state index contributed by atoms with van der Waals surface area (Å²) >= 11 is 0. The number of hydrogen-bond acceptors (Lipinski definition) is 2. The monoisotopic (exact) mass is 183 g/mol. The fraction of sp³-hybridized carbons (Fsp3) is 1.00. The zero-order valence-electron chi connectivity index (χ0n) is 8.45. The zero-order chi connectivity index (χ0) is 9.42. The first-order valence-electron chi connectivity index (χ1n) is 5.62. The molecule has 2 aliphatic rings. The van der Waals surface area contributed by atoms with Crippen LogP contribution in [0.25, 0.3) is 0 Å². The Morgan fingerprint density at radius 1 is 1.46 bits per heavy atom. The van der Waals surface area contributed by atoms with Gasteiger partial charge in [0.2, 0.25) is 0 Å². The van der Waals surface area contributed by atoms with Gasteiger partial charge in [-0.25, -0.2) is 0 Å². The van der Waals surface area contributed by atoms with Gasteiger partial charge in [0, 0.05) is 6.04 Å². The molecular weight excluding hydrogens is 162 g/mol. The topological polar surface area (TPSA) is 46.2 Å². The van der Waals surface area contributed by atoms with Crippen molar-refractivity contribution in [2.45, 2.75) is 51.2 Å². The van der Waals surface area contributed by atoms with E-state index in [2.05, 4.69) is 0 Å². The lowest BCUT2D eigenvalue weighted by Crippen LogP contribution is -2.31. The molecule has 0 aliphatic heterocycles. The second-order valence-corrected chi connectivity index (χ2v) is 5.00. The van der Waals surface area contributed by atoms with Gasteiger partial charge in [-0.3, -0.25) is 0 Å². The van der Waals surface area contributed by atoms with Gasteiger partial charge in [-0.05, 0) is 56.8 Å². The summed E-state index contributed by atoms with van der Waals surface area (Å²) in [6.07, 6.45) is 6.19. The molecule has 0 saturated heterocycles. The van der Waals surface area contributed by atoms with Gasteiger partial charge in [-0.15, -0.1) is 0 Å². The largest absolute Gasteiger partial charge is 0.392 e. The maximum atomic E-state index is 9.52. The van der Waals surface area contributed by atoms with Crippen LogP contribution in [-0.2, 0) is 0 Å². The summed E-state index contributed by atoms with van der Waals surface area (Å²) in [4.78, 5) is 0. The summed E-state index contributed by atoms with van der Waals surface area (Å²) in [5.74, 6) is 3.03. The van der Waals surface area contributed by atoms with Gasteiger partial charge in [-0.1, -0.05) is 0 Å². The van der Waals surface area contributed by atoms with Crippen LogP contribution < -0.4 is 5.73 Å². The first-order valence-corrected chi connectivity index (χ1v) is 5.62. The highest BCUT2D eigenvalue weighted by Gasteiger charge is 2.46. The van der Waals surface area contributed by atoms with E-state index in [0.717, 1.165) is 24.2 Å². The van der Waals surface area contributed by atoms with Crippen LogP contribution in [-0.4, -0.2) is 17.3 Å². The van der Waals surface area contributed by atoms with Gasteiger partial charge in [0.25, 0.3) is 0 Å². The highest BCUT2D eigenvalue weighted by molar-refractivity contribution is 4.96. The quantitative estimate of drug-likeness (QED) is 0.679. The molecule has 76 valence electrons. The molecule has 2 rings (SSSR count). The van der Waals surface area contributed by atoms with Crippen molar-refractivity contribution in [3.8, 4) is 0 Å². The third kappa shape index (κ3) is 2.44. The summed E-state index contributed by atoms with van der Waals surface area (Å²) < 4.78 is 0. The predicted octanol–water partition coefficient (Wildman–Crippen LogP) is 1.52. The normalized spacial score (nSPS) is 37.2. The molecule has 2 fully saturated rings. The van der Waals surface area contributed by atoms with E-state index in [4.69, 9.17) is 5.73 Å². The lowest BCUT2D eigenvalue weighted by atomic mass is 10.0. The third-order valence-electron chi connectivity index (χ3n) is 3.64. The minimum atomic E-state index is -0.277. The molecule has 4 atom stereocenters. The maximum absolute atomic E-state index is 9.52. The Balaban J connectivity index is 1.58. The van der Waals surface area contributed by atoms with Gasteiger partial charge >= 0.3 is 0 Å². The Bertz CT molecular complexity index is 177. The van der Waals surface area contributed by atoms with Crippen LogP contribution in [0, 0.1) is 17.8 Å². The molecule has 4 unspecified atom stereocenters. The molecule has 0 heterocycles. The molecule has 0 aromatic heterocycles. The molecule has 0 aromatic rings. The van der Waals surface area contributed by atoms with Crippen molar-refractivity contribution in [3.63, 3.8) is 0 Å². The lowest BCUT2D eigenvalue weighted by molar-refractivity contribution is 0.136. The first-order chi connectivity index (χ1) is 6.18. The molecule has 2 saturated carbocycles. The summed E-state index contributed by atoms with van der Waals surface area (Å²) in [6.45, 7) is 1.88. The van der Waals surface area contributed by atoms with E-state index in [0.29, 0.717) is 0 Å². The van der Waals surface area contributed by atoms with E-state index in [1.807, 2.05) is 6.92 Å². The number of aliphatic hydroxyl groups is 1. The van der Waals surface area contributed by atoms with Crippen molar-refractivity contribution >= 4 is 0 Å². The van der Waals surface area contributed by atoms with E-state index < -0.39 is 0 Å². The minimum Gasteiger partial charge on any atom is -0.392 e. The first kappa shape index (κ1) is 9.47. The Kier molecular flexibility index (Phi) is 2.61. The zero-order valence-corrected chi connectivity index (χ0v) is 8.45. The van der Waals surface area contributed by atoms with E-state index in [9.17, 15) is 5.11 Å². The molecule has 2 heteroatoms. The summed E-state index contributed by atoms with van der Waals surface area (Å²) in [7, 11) is 0. The van der Waals surface area contributed by atoms with Crippen LogP contribution in [0.5, 0.6) is 0 Å². The van der Waals surface area contributed by atoms with Crippen LogP contribution in [0.1, 0.15) is 39.0 Å². The van der Waals surface area contributed by atoms with Crippen molar-refractivity contribution in [2.75, 3.05) is 0 Å². The molecule has 2 aliphatic carbocycles. The Morgan fingerprint density at radius 2 is 2.15 bits per heavy atom. The Hall–Kier alpha value is -0.0800. The SMILES string of the molecule is CC(N)C(O)CCC1CC1C1CC1. The van der Waals surface area contributed by atoms with Gasteiger partial charge in [0.05, 0.1) is 6.10 Å². The van der Waals surface area contributed by atoms with Gasteiger partial charge in [0.15, 0.2) is 0 Å². The maximum Gasteiger partial charge on any atom is 0.0688 e. The third-order valence-corrected chi connectivity index (χ3v) is 3.64. The number of nitrogens with two attached hydrogens (primary N) is 1. The number of aliphatic hydroxyl groups excluding tert-OH is 1. The van der Waals surface area contributed by atoms with Gasteiger partial charge < -0.3 is 10.8 Å². The average Bonchev–Trinajstić information content (AvgIpc) is 2.91. The minimum absolute atomic E-state index is 0.0573. The number of hydrogen-bond donors (Lipinski definition) is 2. The van der Waals surface area contributed by atoms with Crippen LogP contribution in [0.2, 0.25) is 0 Å². The molecule has 3 N–H and O–H groups in total. The van der Waals surface area contributed by atoms with Crippen molar-refractivity contribution in [2.24, 2.45) is 23.5 Å². The second-order valence-electron chi connectivity index (χ2n) is 5.00. The van der Waals surface area contributed by atoms with Gasteiger partial charge in [-0.2, -0.15) is 0 Å². The van der Waals surface area contributed by atoms with E-state index in [-0.39, 0.29) is 12.1 Å². The molecule has 0 bridgehead atoms. The van der Waals surface area contributed by atoms with E-state index >= 15 is 0 Å². The standard InChI is InChI=1S/C11H21NO/c1-7(12)11(13)5-4-9-6-10(9)8-2-3-8/h7-11,13H,2-6,12H2,1H3. The predicted molar refractivity (Wildman–Crippen MR) is 53.2 cm³/mol. The average molecular weight is 183 g/mol. The van der Waals surface area contributed by atoms with Crippen LogP contribution in [0.4, 0.5) is 0 Å². The Morgan fingerprint density at radius 3 is 2.69 bits per heavy atom. The van der Waals surface area contributed by atoms with E-state index in [1.165, 1.54) is 25.7 Å². The summed E-state index contributed by atoms with van der Waals surface area (Å²) in [5, 5.41) is 9.52. The molecule has 2 nitrogen and oxygen atoms in total. The molecular formula is C11H21NO. The summed E-state index contributed by atoms with van der Waals surface area (Å²) in [6, 6.07) is -0.0573. The highest BCUT2D eigenvalue weighted by atomic mass is 16.3. The summed E-state index contributed by atoms with van der Waals surface area (Å²) in [5.41, 5.74) is 5.60. The molecule has 13 heavy (non-hydrogen) atoms. The highest BCUT2D eigenvalue weighted by Crippen LogP contribution is 2.56. The molecule has 0 amide bonds. The van der Waals surface area contributed by atoms with E-state index in [1.54, 1.807) is 0 Å². The fourth-order valence-corrected chi connectivity index (χ4v) is 2.35. The van der Waals surface area contributed by atoms with Crippen molar-refractivity contribution in [3.05, 3.63) is 0 Å². The van der Waals surface area contributed by atoms with Crippen molar-refractivity contribution in [1.82, 2.24) is 0 Å².